The van der Waals surface area contributed by atoms with Gasteiger partial charge in [-0.2, -0.15) is 0 Å². The van der Waals surface area contributed by atoms with E-state index >= 15 is 0 Å². The fourth-order valence-electron chi connectivity index (χ4n) is 2.90. The number of carbonyl (C=O) groups is 1. The molecule has 1 aromatic heterocycles. The van der Waals surface area contributed by atoms with Crippen molar-refractivity contribution in [3.05, 3.63) is 59.9 Å². The molecule has 6 heteroatoms. The van der Waals surface area contributed by atoms with Crippen LogP contribution in [0.15, 0.2) is 48.5 Å². The Balaban J connectivity index is 1.45. The van der Waals surface area contributed by atoms with Crippen LogP contribution < -0.4 is 4.90 Å². The molecule has 2 aromatic carbocycles. The quantitative estimate of drug-likeness (QED) is 0.717. The number of amides is 1. The number of hydrogen-bond donors (Lipinski definition) is 0. The number of anilines is 1. The Bertz CT molecular complexity index is 854. The SMILES string of the molecule is O=C(c1cccc(F)c1)N1CCN(c2nc3ccccc3s2)CC1. The van der Waals surface area contributed by atoms with Crippen LogP contribution in [0.3, 0.4) is 0 Å². The van der Waals surface area contributed by atoms with Crippen LogP contribution in [0.5, 0.6) is 0 Å². The molecule has 24 heavy (non-hydrogen) atoms. The summed E-state index contributed by atoms with van der Waals surface area (Å²) in [4.78, 5) is 21.1. The van der Waals surface area contributed by atoms with Crippen LogP contribution in [-0.2, 0) is 0 Å². The monoisotopic (exact) mass is 341 g/mol. The molecule has 0 unspecified atom stereocenters. The number of nitrogens with zero attached hydrogens (tertiary/aromatic N) is 3. The number of rotatable bonds is 2. The zero-order chi connectivity index (χ0) is 16.5. The molecule has 0 aliphatic carbocycles. The van der Waals surface area contributed by atoms with Gasteiger partial charge in [-0.3, -0.25) is 4.79 Å². The number of benzene rings is 2. The first-order valence-corrected chi connectivity index (χ1v) is 8.68. The zero-order valence-corrected chi connectivity index (χ0v) is 13.8. The van der Waals surface area contributed by atoms with E-state index < -0.39 is 0 Å². The van der Waals surface area contributed by atoms with Gasteiger partial charge in [0, 0.05) is 31.7 Å². The molecule has 1 aliphatic rings. The molecule has 4 rings (SSSR count). The van der Waals surface area contributed by atoms with Gasteiger partial charge in [0.2, 0.25) is 0 Å². The Labute approximate surface area is 143 Å². The van der Waals surface area contributed by atoms with E-state index in [-0.39, 0.29) is 11.7 Å². The molecule has 3 aromatic rings. The van der Waals surface area contributed by atoms with Crippen LogP contribution >= 0.6 is 11.3 Å². The summed E-state index contributed by atoms with van der Waals surface area (Å²) in [5, 5.41) is 0.994. The number of carbonyl (C=O) groups excluding carboxylic acids is 1. The molecule has 0 N–H and O–H groups in total. The lowest BCUT2D eigenvalue weighted by molar-refractivity contribution is 0.0746. The van der Waals surface area contributed by atoms with E-state index in [1.807, 2.05) is 18.2 Å². The fourth-order valence-corrected chi connectivity index (χ4v) is 3.92. The van der Waals surface area contributed by atoms with E-state index in [1.54, 1.807) is 28.4 Å². The number of halogens is 1. The third kappa shape index (κ3) is 2.85. The Hall–Kier alpha value is -2.47. The van der Waals surface area contributed by atoms with Crippen molar-refractivity contribution in [1.29, 1.82) is 0 Å². The van der Waals surface area contributed by atoms with Crippen molar-refractivity contribution >= 4 is 32.6 Å². The van der Waals surface area contributed by atoms with E-state index in [4.69, 9.17) is 0 Å². The molecule has 4 nitrogen and oxygen atoms in total. The van der Waals surface area contributed by atoms with Crippen molar-refractivity contribution < 1.29 is 9.18 Å². The molecule has 0 spiro atoms. The second-order valence-electron chi connectivity index (χ2n) is 5.75. The van der Waals surface area contributed by atoms with Crippen LogP contribution in [0.1, 0.15) is 10.4 Å². The topological polar surface area (TPSA) is 36.4 Å². The van der Waals surface area contributed by atoms with Crippen molar-refractivity contribution in [2.45, 2.75) is 0 Å². The summed E-state index contributed by atoms with van der Waals surface area (Å²) in [6.45, 7) is 2.71. The molecule has 2 heterocycles. The highest BCUT2D eigenvalue weighted by molar-refractivity contribution is 7.22. The smallest absolute Gasteiger partial charge is 0.254 e. The second-order valence-corrected chi connectivity index (χ2v) is 6.76. The van der Waals surface area contributed by atoms with Crippen molar-refractivity contribution in [1.82, 2.24) is 9.88 Å². The van der Waals surface area contributed by atoms with Crippen molar-refractivity contribution in [2.75, 3.05) is 31.1 Å². The highest BCUT2D eigenvalue weighted by Crippen LogP contribution is 2.29. The van der Waals surface area contributed by atoms with Gasteiger partial charge < -0.3 is 9.80 Å². The molecule has 1 saturated heterocycles. The normalized spacial score (nSPS) is 15.0. The van der Waals surface area contributed by atoms with Gasteiger partial charge in [0.15, 0.2) is 5.13 Å². The van der Waals surface area contributed by atoms with Gasteiger partial charge in [-0.05, 0) is 30.3 Å². The lowest BCUT2D eigenvalue weighted by Gasteiger charge is -2.34. The van der Waals surface area contributed by atoms with Crippen LogP contribution in [0.2, 0.25) is 0 Å². The standard InChI is InChI=1S/C18H16FN3OS/c19-14-5-3-4-13(12-14)17(23)21-8-10-22(11-9-21)18-20-15-6-1-2-7-16(15)24-18/h1-7,12H,8-11H2. The predicted molar refractivity (Wildman–Crippen MR) is 94.1 cm³/mol. The van der Waals surface area contributed by atoms with Crippen LogP contribution in [0, 0.1) is 5.82 Å². The number of para-hydroxylation sites is 1. The van der Waals surface area contributed by atoms with Gasteiger partial charge >= 0.3 is 0 Å². The molecular weight excluding hydrogens is 325 g/mol. The highest BCUT2D eigenvalue weighted by Gasteiger charge is 2.24. The van der Waals surface area contributed by atoms with E-state index in [9.17, 15) is 9.18 Å². The van der Waals surface area contributed by atoms with E-state index in [0.717, 1.165) is 23.7 Å². The minimum Gasteiger partial charge on any atom is -0.345 e. The van der Waals surface area contributed by atoms with Crippen molar-refractivity contribution in [3.63, 3.8) is 0 Å². The van der Waals surface area contributed by atoms with Gasteiger partial charge in [-0.25, -0.2) is 9.37 Å². The van der Waals surface area contributed by atoms with Crippen LogP contribution in [0.4, 0.5) is 9.52 Å². The Morgan fingerprint density at radius 2 is 1.83 bits per heavy atom. The third-order valence-corrected chi connectivity index (χ3v) is 5.29. The van der Waals surface area contributed by atoms with Crippen LogP contribution in [0.25, 0.3) is 10.2 Å². The summed E-state index contributed by atoms with van der Waals surface area (Å²) in [6.07, 6.45) is 0. The summed E-state index contributed by atoms with van der Waals surface area (Å²) in [6, 6.07) is 14.0. The molecule has 0 atom stereocenters. The average Bonchev–Trinajstić information content (AvgIpc) is 3.05. The van der Waals surface area contributed by atoms with Gasteiger partial charge in [0.05, 0.1) is 10.2 Å². The van der Waals surface area contributed by atoms with Gasteiger partial charge in [0.25, 0.3) is 5.91 Å². The molecule has 0 bridgehead atoms. The number of aromatic nitrogens is 1. The number of hydrogen-bond acceptors (Lipinski definition) is 4. The lowest BCUT2D eigenvalue weighted by atomic mass is 10.2. The summed E-state index contributed by atoms with van der Waals surface area (Å²) < 4.78 is 14.5. The molecule has 1 aliphatic heterocycles. The zero-order valence-electron chi connectivity index (χ0n) is 13.0. The molecular formula is C18H16FN3OS. The lowest BCUT2D eigenvalue weighted by Crippen LogP contribution is -2.48. The summed E-state index contributed by atoms with van der Waals surface area (Å²) in [5.41, 5.74) is 1.42. The van der Waals surface area contributed by atoms with Crippen LogP contribution in [-0.4, -0.2) is 42.0 Å². The van der Waals surface area contributed by atoms with Gasteiger partial charge in [0.1, 0.15) is 5.82 Å². The Morgan fingerprint density at radius 1 is 1.04 bits per heavy atom. The van der Waals surface area contributed by atoms with Gasteiger partial charge in [-0.15, -0.1) is 0 Å². The predicted octanol–water partition coefficient (Wildman–Crippen LogP) is 3.40. The maximum absolute atomic E-state index is 13.3. The van der Waals surface area contributed by atoms with Crippen molar-refractivity contribution in [2.24, 2.45) is 0 Å². The highest BCUT2D eigenvalue weighted by atomic mass is 32.1. The molecule has 1 fully saturated rings. The number of fused-ring (bicyclic) bond motifs is 1. The minimum absolute atomic E-state index is 0.113. The Morgan fingerprint density at radius 3 is 2.58 bits per heavy atom. The summed E-state index contributed by atoms with van der Waals surface area (Å²) >= 11 is 1.67. The molecule has 0 radical (unpaired) electrons. The van der Waals surface area contributed by atoms with Gasteiger partial charge in [-0.1, -0.05) is 29.5 Å². The summed E-state index contributed by atoms with van der Waals surface area (Å²) in [7, 11) is 0. The maximum atomic E-state index is 13.3. The number of thiazole rings is 1. The van der Waals surface area contributed by atoms with Crippen molar-refractivity contribution in [3.8, 4) is 0 Å². The van der Waals surface area contributed by atoms with E-state index in [1.165, 1.54) is 16.8 Å². The molecule has 1 amide bonds. The first-order valence-electron chi connectivity index (χ1n) is 7.86. The van der Waals surface area contributed by atoms with E-state index in [0.29, 0.717) is 18.7 Å². The minimum atomic E-state index is -0.381. The largest absolute Gasteiger partial charge is 0.345 e. The molecule has 0 saturated carbocycles. The maximum Gasteiger partial charge on any atom is 0.254 e. The second kappa shape index (κ2) is 6.20. The average molecular weight is 341 g/mol. The molecule has 122 valence electrons. The summed E-state index contributed by atoms with van der Waals surface area (Å²) in [5.74, 6) is -0.493. The van der Waals surface area contributed by atoms with E-state index in [2.05, 4.69) is 16.0 Å². The fraction of sp³-hybridized carbons (Fsp3) is 0.222. The first kappa shape index (κ1) is 15.1. The third-order valence-electron chi connectivity index (χ3n) is 4.19. The number of piperazine rings is 1. The first-order chi connectivity index (χ1) is 11.7. The Kier molecular flexibility index (Phi) is 3.90.